The van der Waals surface area contributed by atoms with Crippen molar-refractivity contribution in [3.8, 4) is 5.75 Å². The molecule has 0 saturated carbocycles. The summed E-state index contributed by atoms with van der Waals surface area (Å²) in [5, 5.41) is 0. The van der Waals surface area contributed by atoms with Crippen molar-refractivity contribution in [1.29, 1.82) is 0 Å². The predicted molar refractivity (Wildman–Crippen MR) is 105 cm³/mol. The predicted octanol–water partition coefficient (Wildman–Crippen LogP) is 4.32. The Morgan fingerprint density at radius 3 is 2.52 bits per heavy atom. The van der Waals surface area contributed by atoms with Gasteiger partial charge in [-0.1, -0.05) is 42.5 Å². The number of carbonyl (C=O) groups excluding carboxylic acids is 2. The van der Waals surface area contributed by atoms with E-state index in [9.17, 15) is 9.59 Å². The Morgan fingerprint density at radius 1 is 1.11 bits per heavy atom. The van der Waals surface area contributed by atoms with Gasteiger partial charge in [-0.2, -0.15) is 0 Å². The number of hydrogen-bond donors (Lipinski definition) is 0. The fraction of sp³-hybridized carbons (Fsp3) is 0.304. The van der Waals surface area contributed by atoms with E-state index in [0.717, 1.165) is 28.0 Å². The molecule has 0 radical (unpaired) electrons. The number of para-hydroxylation sites is 1. The van der Waals surface area contributed by atoms with Gasteiger partial charge in [0.05, 0.1) is 13.7 Å². The lowest BCUT2D eigenvalue weighted by Crippen LogP contribution is -2.34. The highest BCUT2D eigenvalue weighted by atomic mass is 16.5. The highest BCUT2D eigenvalue weighted by Gasteiger charge is 2.40. The van der Waals surface area contributed by atoms with Crippen LogP contribution in [0.5, 0.6) is 5.75 Å². The van der Waals surface area contributed by atoms with Crippen LogP contribution in [0.1, 0.15) is 36.0 Å². The molecule has 140 valence electrons. The van der Waals surface area contributed by atoms with E-state index >= 15 is 0 Å². The fourth-order valence-electron chi connectivity index (χ4n) is 3.78. The molecule has 4 heteroatoms. The van der Waals surface area contributed by atoms with Crippen LogP contribution < -0.4 is 4.74 Å². The Bertz CT molecular complexity index is 881. The Kier molecular flexibility index (Phi) is 5.75. The third-order valence-corrected chi connectivity index (χ3v) is 5.05. The smallest absolute Gasteiger partial charge is 0.317 e. The van der Waals surface area contributed by atoms with E-state index in [4.69, 9.17) is 9.47 Å². The zero-order valence-corrected chi connectivity index (χ0v) is 15.9. The molecule has 0 aliphatic heterocycles. The fourth-order valence-corrected chi connectivity index (χ4v) is 3.78. The molecule has 2 atom stereocenters. The average Bonchev–Trinajstić information content (AvgIpc) is 2.67. The summed E-state index contributed by atoms with van der Waals surface area (Å²) in [6, 6.07) is 15.5. The third kappa shape index (κ3) is 3.80. The summed E-state index contributed by atoms with van der Waals surface area (Å²) in [5.41, 5.74) is 3.83. The van der Waals surface area contributed by atoms with E-state index < -0.39 is 11.9 Å². The van der Waals surface area contributed by atoms with Crippen molar-refractivity contribution in [3.63, 3.8) is 0 Å². The molecule has 1 aliphatic rings. The van der Waals surface area contributed by atoms with E-state index in [2.05, 4.69) is 0 Å². The van der Waals surface area contributed by atoms with Gasteiger partial charge in [-0.25, -0.2) is 0 Å². The van der Waals surface area contributed by atoms with Gasteiger partial charge in [0, 0.05) is 11.5 Å². The number of hydrogen-bond acceptors (Lipinski definition) is 4. The number of esters is 1. The van der Waals surface area contributed by atoms with Gasteiger partial charge < -0.3 is 9.47 Å². The van der Waals surface area contributed by atoms with Crippen LogP contribution in [0.3, 0.4) is 0 Å². The first-order valence-electron chi connectivity index (χ1n) is 9.16. The topological polar surface area (TPSA) is 52.6 Å². The first kappa shape index (κ1) is 18.9. The zero-order chi connectivity index (χ0) is 19.4. The van der Waals surface area contributed by atoms with Gasteiger partial charge in [-0.15, -0.1) is 0 Å². The Balaban J connectivity index is 2.08. The minimum Gasteiger partial charge on any atom is -0.496 e. The quantitative estimate of drug-likeness (QED) is 0.586. The SMILES string of the molecule is CCOC(=O)C1C(=O)C=C(c2ccccc2OC)CC1c1ccccc1C. The molecule has 0 heterocycles. The Hall–Kier alpha value is -2.88. The second-order valence-electron chi connectivity index (χ2n) is 6.67. The molecular weight excluding hydrogens is 340 g/mol. The average molecular weight is 364 g/mol. The largest absolute Gasteiger partial charge is 0.496 e. The first-order valence-corrected chi connectivity index (χ1v) is 9.16. The molecule has 0 N–H and O–H groups in total. The number of ketones is 1. The van der Waals surface area contributed by atoms with Gasteiger partial charge in [0.25, 0.3) is 0 Å². The summed E-state index contributed by atoms with van der Waals surface area (Å²) in [6.45, 7) is 4.01. The molecule has 2 unspecified atom stereocenters. The molecule has 3 rings (SSSR count). The Labute approximate surface area is 159 Å². The number of rotatable bonds is 5. The van der Waals surface area contributed by atoms with E-state index in [-0.39, 0.29) is 18.3 Å². The second kappa shape index (κ2) is 8.21. The lowest BCUT2D eigenvalue weighted by Gasteiger charge is -2.30. The normalized spacial score (nSPS) is 19.4. The van der Waals surface area contributed by atoms with Crippen LogP contribution in [0.4, 0.5) is 0 Å². The van der Waals surface area contributed by atoms with Crippen LogP contribution in [0, 0.1) is 12.8 Å². The van der Waals surface area contributed by atoms with Gasteiger partial charge in [0.2, 0.25) is 0 Å². The molecule has 0 bridgehead atoms. The van der Waals surface area contributed by atoms with E-state index in [1.165, 1.54) is 0 Å². The molecule has 0 aromatic heterocycles. The van der Waals surface area contributed by atoms with Crippen molar-refractivity contribution in [1.82, 2.24) is 0 Å². The molecule has 2 aromatic rings. The molecular formula is C23H24O4. The molecule has 2 aromatic carbocycles. The monoisotopic (exact) mass is 364 g/mol. The van der Waals surface area contributed by atoms with Crippen molar-refractivity contribution < 1.29 is 19.1 Å². The van der Waals surface area contributed by atoms with E-state index in [0.29, 0.717) is 6.42 Å². The maximum Gasteiger partial charge on any atom is 0.317 e. The van der Waals surface area contributed by atoms with Gasteiger partial charge in [-0.3, -0.25) is 9.59 Å². The number of aryl methyl sites for hydroxylation is 1. The second-order valence-corrected chi connectivity index (χ2v) is 6.67. The molecule has 0 fully saturated rings. The summed E-state index contributed by atoms with van der Waals surface area (Å²) < 4.78 is 10.7. The van der Waals surface area contributed by atoms with Gasteiger partial charge >= 0.3 is 5.97 Å². The minimum absolute atomic E-state index is 0.214. The number of benzene rings is 2. The van der Waals surface area contributed by atoms with Crippen LogP contribution in [-0.4, -0.2) is 25.5 Å². The molecule has 0 saturated heterocycles. The third-order valence-electron chi connectivity index (χ3n) is 5.05. The van der Waals surface area contributed by atoms with Crippen LogP contribution in [0.2, 0.25) is 0 Å². The van der Waals surface area contributed by atoms with Gasteiger partial charge in [0.15, 0.2) is 5.78 Å². The molecule has 1 aliphatic carbocycles. The molecule has 4 nitrogen and oxygen atoms in total. The van der Waals surface area contributed by atoms with Crippen molar-refractivity contribution in [2.45, 2.75) is 26.2 Å². The number of methoxy groups -OCH3 is 1. The van der Waals surface area contributed by atoms with Crippen molar-refractivity contribution >= 4 is 17.3 Å². The van der Waals surface area contributed by atoms with Crippen molar-refractivity contribution in [3.05, 3.63) is 71.3 Å². The summed E-state index contributed by atoms with van der Waals surface area (Å²) >= 11 is 0. The standard InChI is InChI=1S/C23H24O4/c1-4-27-23(25)22-19(17-10-6-5-9-15(17)2)13-16(14-20(22)24)18-11-7-8-12-21(18)26-3/h5-12,14,19,22H,4,13H2,1-3H3. The highest BCUT2D eigenvalue weighted by molar-refractivity contribution is 6.11. The van der Waals surface area contributed by atoms with Crippen LogP contribution >= 0.6 is 0 Å². The number of ether oxygens (including phenoxy) is 2. The lowest BCUT2D eigenvalue weighted by molar-refractivity contribution is -0.151. The molecule has 27 heavy (non-hydrogen) atoms. The van der Waals surface area contributed by atoms with E-state index in [1.54, 1.807) is 20.1 Å². The number of allylic oxidation sites excluding steroid dienone is 2. The lowest BCUT2D eigenvalue weighted by atomic mass is 9.72. The van der Waals surface area contributed by atoms with Crippen LogP contribution in [-0.2, 0) is 14.3 Å². The van der Waals surface area contributed by atoms with Crippen LogP contribution in [0.25, 0.3) is 5.57 Å². The zero-order valence-electron chi connectivity index (χ0n) is 15.9. The Morgan fingerprint density at radius 2 is 1.81 bits per heavy atom. The molecule has 0 amide bonds. The van der Waals surface area contributed by atoms with Crippen LogP contribution in [0.15, 0.2) is 54.6 Å². The van der Waals surface area contributed by atoms with E-state index in [1.807, 2.05) is 55.5 Å². The summed E-state index contributed by atoms with van der Waals surface area (Å²) in [5.74, 6) is -1.03. The number of carbonyl (C=O) groups is 2. The maximum absolute atomic E-state index is 13.0. The molecule has 0 spiro atoms. The van der Waals surface area contributed by atoms with Gasteiger partial charge in [0.1, 0.15) is 11.7 Å². The minimum atomic E-state index is -0.815. The van der Waals surface area contributed by atoms with Crippen molar-refractivity contribution in [2.75, 3.05) is 13.7 Å². The highest BCUT2D eigenvalue weighted by Crippen LogP contribution is 2.43. The summed E-state index contributed by atoms with van der Waals surface area (Å²) in [4.78, 5) is 25.5. The first-order chi connectivity index (χ1) is 13.1. The van der Waals surface area contributed by atoms with Gasteiger partial charge in [-0.05, 0) is 49.1 Å². The summed E-state index contributed by atoms with van der Waals surface area (Å²) in [6.07, 6.45) is 2.15. The summed E-state index contributed by atoms with van der Waals surface area (Å²) in [7, 11) is 1.62. The maximum atomic E-state index is 13.0. The van der Waals surface area contributed by atoms with Crippen molar-refractivity contribution in [2.24, 2.45) is 5.92 Å².